The van der Waals surface area contributed by atoms with Gasteiger partial charge < -0.3 is 9.84 Å². The fourth-order valence-electron chi connectivity index (χ4n) is 2.71. The summed E-state index contributed by atoms with van der Waals surface area (Å²) in [7, 11) is 0. The van der Waals surface area contributed by atoms with Crippen LogP contribution in [0.2, 0.25) is 10.0 Å². The number of nitrogens with zero attached hydrogens (tertiary/aromatic N) is 2. The van der Waals surface area contributed by atoms with Crippen LogP contribution in [0.5, 0.6) is 0 Å². The van der Waals surface area contributed by atoms with E-state index >= 15 is 0 Å². The van der Waals surface area contributed by atoms with Crippen molar-refractivity contribution in [3.63, 3.8) is 0 Å². The van der Waals surface area contributed by atoms with Gasteiger partial charge in [-0.1, -0.05) is 40.8 Å². The quantitative estimate of drug-likeness (QED) is 0.926. The number of nitrogens with one attached hydrogen (secondary N) is 1. The van der Waals surface area contributed by atoms with Crippen molar-refractivity contribution < 1.29 is 9.32 Å². The molecular formula is C15H15Cl2N3O2. The summed E-state index contributed by atoms with van der Waals surface area (Å²) >= 11 is 12.0. The van der Waals surface area contributed by atoms with Gasteiger partial charge in [0.1, 0.15) is 0 Å². The molecule has 5 nitrogen and oxygen atoms in total. The minimum atomic E-state index is -0.538. The molecule has 7 heteroatoms. The summed E-state index contributed by atoms with van der Waals surface area (Å²) < 4.78 is 5.01. The standard InChI is InChI=1S/C15H15Cl2N3O2/c1-9-19-13(22-20-9)8-18-14(21)15(5-2-6-15)10-3-4-11(16)12(17)7-10/h3-4,7H,2,5-6,8H2,1H3,(H,18,21). The first-order valence-electron chi connectivity index (χ1n) is 7.04. The van der Waals surface area contributed by atoms with Gasteiger partial charge in [0.15, 0.2) is 5.82 Å². The Kier molecular flexibility index (Phi) is 4.10. The minimum absolute atomic E-state index is 0.0482. The smallest absolute Gasteiger partial charge is 0.246 e. The maximum absolute atomic E-state index is 12.6. The number of benzene rings is 1. The van der Waals surface area contributed by atoms with E-state index in [1.54, 1.807) is 19.1 Å². The highest BCUT2D eigenvalue weighted by Crippen LogP contribution is 2.45. The maximum atomic E-state index is 12.6. The van der Waals surface area contributed by atoms with E-state index in [-0.39, 0.29) is 12.5 Å². The third kappa shape index (κ3) is 2.71. The molecule has 0 bridgehead atoms. The van der Waals surface area contributed by atoms with E-state index in [2.05, 4.69) is 15.5 Å². The van der Waals surface area contributed by atoms with Crippen LogP contribution >= 0.6 is 23.2 Å². The average molecular weight is 340 g/mol. The third-order valence-electron chi connectivity index (χ3n) is 4.08. The van der Waals surface area contributed by atoms with Gasteiger partial charge in [0.25, 0.3) is 0 Å². The zero-order valence-electron chi connectivity index (χ0n) is 12.0. The van der Waals surface area contributed by atoms with E-state index in [9.17, 15) is 4.79 Å². The molecule has 1 aromatic heterocycles. The van der Waals surface area contributed by atoms with Gasteiger partial charge in [-0.3, -0.25) is 4.79 Å². The molecule has 116 valence electrons. The van der Waals surface area contributed by atoms with E-state index in [1.165, 1.54) is 0 Å². The average Bonchev–Trinajstić information content (AvgIpc) is 2.85. The van der Waals surface area contributed by atoms with Gasteiger partial charge in [-0.25, -0.2) is 0 Å². The number of rotatable bonds is 4. The van der Waals surface area contributed by atoms with E-state index in [0.717, 1.165) is 24.8 Å². The molecule has 1 aromatic carbocycles. The van der Waals surface area contributed by atoms with Crippen LogP contribution in [0.1, 0.15) is 36.5 Å². The van der Waals surface area contributed by atoms with Gasteiger partial charge in [0.05, 0.1) is 22.0 Å². The van der Waals surface area contributed by atoms with Crippen LogP contribution in [0.4, 0.5) is 0 Å². The predicted octanol–water partition coefficient (Wildman–Crippen LogP) is 3.42. The van der Waals surface area contributed by atoms with Crippen LogP contribution in [-0.2, 0) is 16.8 Å². The van der Waals surface area contributed by atoms with Crippen LogP contribution in [0, 0.1) is 6.92 Å². The van der Waals surface area contributed by atoms with E-state index in [4.69, 9.17) is 27.7 Å². The normalized spacial score (nSPS) is 16.1. The first-order valence-corrected chi connectivity index (χ1v) is 7.80. The molecule has 0 unspecified atom stereocenters. The Morgan fingerprint density at radius 2 is 2.14 bits per heavy atom. The second kappa shape index (κ2) is 5.89. The molecule has 0 spiro atoms. The molecule has 1 aliphatic carbocycles. The second-order valence-electron chi connectivity index (χ2n) is 5.48. The predicted molar refractivity (Wildman–Crippen MR) is 82.9 cm³/mol. The summed E-state index contributed by atoms with van der Waals surface area (Å²) in [4.78, 5) is 16.7. The number of carbonyl (C=O) groups excluding carboxylic acids is 1. The van der Waals surface area contributed by atoms with Crippen molar-refractivity contribution in [3.8, 4) is 0 Å². The number of aryl methyl sites for hydroxylation is 1. The van der Waals surface area contributed by atoms with Crippen LogP contribution in [0.3, 0.4) is 0 Å². The fraction of sp³-hybridized carbons (Fsp3) is 0.400. The summed E-state index contributed by atoms with van der Waals surface area (Å²) in [6.07, 6.45) is 2.59. The Morgan fingerprint density at radius 1 is 1.36 bits per heavy atom. The Hall–Kier alpha value is -1.59. The molecule has 1 fully saturated rings. The number of carbonyl (C=O) groups is 1. The molecule has 22 heavy (non-hydrogen) atoms. The lowest BCUT2D eigenvalue weighted by Crippen LogP contribution is -2.49. The van der Waals surface area contributed by atoms with Crippen molar-refractivity contribution in [3.05, 3.63) is 45.5 Å². The number of hydrogen-bond acceptors (Lipinski definition) is 4. The number of hydrogen-bond donors (Lipinski definition) is 1. The molecule has 0 atom stereocenters. The van der Waals surface area contributed by atoms with E-state index in [0.29, 0.717) is 21.8 Å². The SMILES string of the molecule is Cc1noc(CNC(=O)C2(c3ccc(Cl)c(Cl)c3)CCC2)n1. The van der Waals surface area contributed by atoms with E-state index in [1.807, 2.05) is 6.07 Å². The molecule has 3 rings (SSSR count). The lowest BCUT2D eigenvalue weighted by molar-refractivity contribution is -0.130. The van der Waals surface area contributed by atoms with Crippen LogP contribution in [-0.4, -0.2) is 16.0 Å². The Balaban J connectivity index is 1.77. The lowest BCUT2D eigenvalue weighted by Gasteiger charge is -2.40. The van der Waals surface area contributed by atoms with Gasteiger partial charge in [-0.2, -0.15) is 4.98 Å². The summed E-state index contributed by atoms with van der Waals surface area (Å²) in [6.45, 7) is 1.96. The second-order valence-corrected chi connectivity index (χ2v) is 6.30. The first kappa shape index (κ1) is 15.3. The van der Waals surface area contributed by atoms with Crippen molar-refractivity contribution in [2.45, 2.75) is 38.1 Å². The number of amides is 1. The minimum Gasteiger partial charge on any atom is -0.346 e. The van der Waals surface area contributed by atoms with Crippen molar-refractivity contribution >= 4 is 29.1 Å². The van der Waals surface area contributed by atoms with Gasteiger partial charge in [0, 0.05) is 0 Å². The molecule has 1 saturated carbocycles. The van der Waals surface area contributed by atoms with Gasteiger partial charge >= 0.3 is 0 Å². The fourth-order valence-corrected chi connectivity index (χ4v) is 3.01. The molecule has 0 radical (unpaired) electrons. The molecule has 1 amide bonds. The summed E-state index contributed by atoms with van der Waals surface area (Å²) in [5.74, 6) is 0.898. The van der Waals surface area contributed by atoms with Crippen molar-refractivity contribution in [2.24, 2.45) is 0 Å². The number of halogens is 2. The van der Waals surface area contributed by atoms with E-state index < -0.39 is 5.41 Å². The summed E-state index contributed by atoms with van der Waals surface area (Å²) in [5, 5.41) is 7.53. The van der Waals surface area contributed by atoms with Crippen LogP contribution < -0.4 is 5.32 Å². The van der Waals surface area contributed by atoms with Crippen molar-refractivity contribution in [1.82, 2.24) is 15.5 Å². The van der Waals surface area contributed by atoms with Crippen LogP contribution in [0.25, 0.3) is 0 Å². The lowest BCUT2D eigenvalue weighted by atomic mass is 9.64. The first-order chi connectivity index (χ1) is 10.5. The molecule has 2 aromatic rings. The number of aromatic nitrogens is 2. The Labute approximate surface area is 138 Å². The van der Waals surface area contributed by atoms with Gasteiger partial charge in [-0.05, 0) is 37.5 Å². The summed E-state index contributed by atoms with van der Waals surface area (Å²) in [6, 6.07) is 5.37. The monoisotopic (exact) mass is 339 g/mol. The largest absolute Gasteiger partial charge is 0.346 e. The third-order valence-corrected chi connectivity index (χ3v) is 4.82. The molecule has 0 aliphatic heterocycles. The highest BCUT2D eigenvalue weighted by Gasteiger charge is 2.45. The zero-order chi connectivity index (χ0) is 15.7. The summed E-state index contributed by atoms with van der Waals surface area (Å²) in [5.41, 5.74) is 0.357. The Bertz CT molecular complexity index is 711. The van der Waals surface area contributed by atoms with Crippen LogP contribution in [0.15, 0.2) is 22.7 Å². The Morgan fingerprint density at radius 3 is 2.68 bits per heavy atom. The van der Waals surface area contributed by atoms with Crippen molar-refractivity contribution in [1.29, 1.82) is 0 Å². The zero-order valence-corrected chi connectivity index (χ0v) is 13.5. The molecule has 0 saturated heterocycles. The topological polar surface area (TPSA) is 68.0 Å². The molecule has 1 heterocycles. The van der Waals surface area contributed by atoms with Gasteiger partial charge in [0.2, 0.25) is 11.8 Å². The highest BCUT2D eigenvalue weighted by atomic mass is 35.5. The van der Waals surface area contributed by atoms with Gasteiger partial charge in [-0.15, -0.1) is 0 Å². The highest BCUT2D eigenvalue weighted by molar-refractivity contribution is 6.42. The molecule has 1 N–H and O–H groups in total. The molecular weight excluding hydrogens is 325 g/mol. The molecule has 1 aliphatic rings. The maximum Gasteiger partial charge on any atom is 0.246 e. The van der Waals surface area contributed by atoms with Crippen molar-refractivity contribution in [2.75, 3.05) is 0 Å².